The molecule has 3 atom stereocenters. The summed E-state index contributed by atoms with van der Waals surface area (Å²) in [6.07, 6.45) is 0.268. The standard InChI is InChI=1S/C21H27FN2O6/c1-6-21(27)14-8-15(24-18(25)13(14)9-28-19(21)26)16-17(20(4,5)22)30-10-29-12(3)7-11(2)23-16/h7-8,12,17,27H,6,9-10H2,1-5H3,(H,24,25)/b11-7+,23-16-/t12?,17?,21-/m0/s1. The summed E-state index contributed by atoms with van der Waals surface area (Å²) in [5, 5.41) is 10.9. The average molecular weight is 422 g/mol. The number of esters is 1. The predicted molar refractivity (Wildman–Crippen MR) is 107 cm³/mol. The summed E-state index contributed by atoms with van der Waals surface area (Å²) < 4.78 is 31.3. The fourth-order valence-corrected chi connectivity index (χ4v) is 3.63. The summed E-state index contributed by atoms with van der Waals surface area (Å²) in [5.74, 6) is -0.831. The molecular formula is C21H27FN2O6. The highest BCUT2D eigenvalue weighted by Crippen LogP contribution is 2.34. The van der Waals surface area contributed by atoms with Crippen LogP contribution in [0.15, 0.2) is 27.6 Å². The lowest BCUT2D eigenvalue weighted by atomic mass is 9.85. The Morgan fingerprint density at radius 1 is 1.37 bits per heavy atom. The first kappa shape index (κ1) is 22.3. The van der Waals surface area contributed by atoms with Crippen LogP contribution in [0.4, 0.5) is 4.39 Å². The molecule has 0 amide bonds. The van der Waals surface area contributed by atoms with Crippen molar-refractivity contribution in [2.24, 2.45) is 4.99 Å². The zero-order chi connectivity index (χ0) is 22.3. The first-order chi connectivity index (χ1) is 14.0. The monoisotopic (exact) mass is 422 g/mol. The molecule has 2 unspecified atom stereocenters. The van der Waals surface area contributed by atoms with Gasteiger partial charge in [0, 0.05) is 11.3 Å². The lowest BCUT2D eigenvalue weighted by Gasteiger charge is -2.32. The number of hydrogen-bond acceptors (Lipinski definition) is 7. The second kappa shape index (κ2) is 8.05. The van der Waals surface area contributed by atoms with E-state index in [4.69, 9.17) is 14.2 Å². The molecule has 0 saturated carbocycles. The first-order valence-electron chi connectivity index (χ1n) is 9.83. The lowest BCUT2D eigenvalue weighted by molar-refractivity contribution is -0.172. The number of carbonyl (C=O) groups is 1. The smallest absolute Gasteiger partial charge is 0.343 e. The maximum absolute atomic E-state index is 15.1. The van der Waals surface area contributed by atoms with Gasteiger partial charge in [0.05, 0.1) is 23.1 Å². The highest BCUT2D eigenvalue weighted by molar-refractivity contribution is 6.04. The van der Waals surface area contributed by atoms with Crippen LogP contribution >= 0.6 is 0 Å². The van der Waals surface area contributed by atoms with E-state index >= 15 is 4.39 Å². The van der Waals surface area contributed by atoms with E-state index < -0.39 is 28.9 Å². The highest BCUT2D eigenvalue weighted by Gasteiger charge is 2.45. The molecule has 0 radical (unpaired) electrons. The van der Waals surface area contributed by atoms with Gasteiger partial charge in [0.1, 0.15) is 25.2 Å². The number of ether oxygens (including phenoxy) is 3. The zero-order valence-electron chi connectivity index (χ0n) is 17.7. The Bertz CT molecular complexity index is 961. The molecule has 1 aromatic rings. The Balaban J connectivity index is 2.25. The molecule has 3 heterocycles. The van der Waals surface area contributed by atoms with Gasteiger partial charge in [0.15, 0.2) is 5.60 Å². The number of rotatable bonds is 3. The van der Waals surface area contributed by atoms with Crippen LogP contribution in [0, 0.1) is 0 Å². The number of halogens is 1. The van der Waals surface area contributed by atoms with Crippen LogP contribution in [-0.2, 0) is 31.2 Å². The van der Waals surface area contributed by atoms with Gasteiger partial charge in [-0.3, -0.25) is 9.79 Å². The Morgan fingerprint density at radius 3 is 2.70 bits per heavy atom. The summed E-state index contributed by atoms with van der Waals surface area (Å²) in [7, 11) is 0. The number of cyclic esters (lactones) is 1. The largest absolute Gasteiger partial charge is 0.458 e. The second-order valence-corrected chi connectivity index (χ2v) is 8.10. The number of H-pyrrole nitrogens is 1. The molecule has 8 nitrogen and oxygen atoms in total. The summed E-state index contributed by atoms with van der Waals surface area (Å²) in [4.78, 5) is 32.2. The molecule has 30 heavy (non-hydrogen) atoms. The van der Waals surface area contributed by atoms with Gasteiger partial charge in [-0.15, -0.1) is 0 Å². The van der Waals surface area contributed by atoms with E-state index in [-0.39, 0.29) is 48.5 Å². The number of carbonyl (C=O) groups excluding carboxylic acids is 1. The molecular weight excluding hydrogens is 395 g/mol. The number of alkyl halides is 1. The Hall–Kier alpha value is -2.36. The molecule has 0 aliphatic carbocycles. The molecule has 0 bridgehead atoms. The third-order valence-corrected chi connectivity index (χ3v) is 5.26. The molecule has 3 rings (SSSR count). The van der Waals surface area contributed by atoms with Crippen LogP contribution in [0.1, 0.15) is 57.9 Å². The third kappa shape index (κ3) is 4.10. The van der Waals surface area contributed by atoms with Crippen LogP contribution in [0.5, 0.6) is 0 Å². The van der Waals surface area contributed by atoms with Gasteiger partial charge >= 0.3 is 5.97 Å². The van der Waals surface area contributed by atoms with E-state index in [1.54, 1.807) is 26.8 Å². The fraction of sp³-hybridized carbons (Fsp3) is 0.571. The van der Waals surface area contributed by atoms with Crippen molar-refractivity contribution in [1.29, 1.82) is 0 Å². The average Bonchev–Trinajstić information content (AvgIpc) is 2.72. The van der Waals surface area contributed by atoms with E-state index in [0.29, 0.717) is 5.70 Å². The number of nitrogens with one attached hydrogen (secondary N) is 1. The molecule has 0 saturated heterocycles. The van der Waals surface area contributed by atoms with Crippen molar-refractivity contribution in [3.8, 4) is 0 Å². The van der Waals surface area contributed by atoms with Gasteiger partial charge in [-0.25, -0.2) is 9.18 Å². The minimum absolute atomic E-state index is 0.00697. The maximum atomic E-state index is 15.1. The molecule has 0 fully saturated rings. The first-order valence-corrected chi connectivity index (χ1v) is 9.83. The van der Waals surface area contributed by atoms with Crippen molar-refractivity contribution in [3.05, 3.63) is 45.0 Å². The van der Waals surface area contributed by atoms with Crippen LogP contribution in [0.25, 0.3) is 0 Å². The number of fused-ring (bicyclic) bond motifs is 1. The molecule has 0 spiro atoms. The molecule has 2 aliphatic rings. The van der Waals surface area contributed by atoms with E-state index in [0.717, 1.165) is 0 Å². The van der Waals surface area contributed by atoms with Crippen molar-refractivity contribution in [3.63, 3.8) is 0 Å². The minimum Gasteiger partial charge on any atom is -0.458 e. The Labute approximate surface area is 173 Å². The number of pyridine rings is 1. The SMILES string of the molecule is CC[C@@]1(O)C(=O)OCc2c1cc(/C1=N/C(C)=C/C(C)OCOC1C(C)(C)F)[nH]c2=O. The molecule has 2 aliphatic heterocycles. The highest BCUT2D eigenvalue weighted by atomic mass is 19.1. The minimum atomic E-state index is -1.97. The van der Waals surface area contributed by atoms with Crippen molar-refractivity contribution in [1.82, 2.24) is 4.98 Å². The summed E-state index contributed by atoms with van der Waals surface area (Å²) >= 11 is 0. The van der Waals surface area contributed by atoms with Gasteiger partial charge in [-0.05, 0) is 46.3 Å². The summed E-state index contributed by atoms with van der Waals surface area (Å²) in [6, 6.07) is 1.46. The van der Waals surface area contributed by atoms with Gasteiger partial charge in [0.2, 0.25) is 0 Å². The summed E-state index contributed by atoms with van der Waals surface area (Å²) in [5.41, 5.74) is -3.30. The van der Waals surface area contributed by atoms with Gasteiger partial charge in [-0.2, -0.15) is 0 Å². The van der Waals surface area contributed by atoms with Crippen molar-refractivity contribution < 1.29 is 28.5 Å². The van der Waals surface area contributed by atoms with Gasteiger partial charge in [-0.1, -0.05) is 6.92 Å². The van der Waals surface area contributed by atoms with E-state index in [2.05, 4.69) is 9.98 Å². The topological polar surface area (TPSA) is 110 Å². The van der Waals surface area contributed by atoms with Crippen molar-refractivity contribution >= 4 is 11.7 Å². The predicted octanol–water partition coefficient (Wildman–Crippen LogP) is 2.23. The number of aliphatic imine (C=N–C) groups is 1. The molecule has 2 N–H and O–H groups in total. The zero-order valence-corrected chi connectivity index (χ0v) is 17.7. The van der Waals surface area contributed by atoms with Crippen molar-refractivity contribution in [2.75, 3.05) is 6.79 Å². The van der Waals surface area contributed by atoms with Gasteiger partial charge in [0.25, 0.3) is 5.56 Å². The number of nitrogens with zero attached hydrogens (tertiary/aromatic N) is 1. The number of aromatic nitrogens is 1. The van der Waals surface area contributed by atoms with E-state index in [9.17, 15) is 14.7 Å². The van der Waals surface area contributed by atoms with Crippen molar-refractivity contribution in [2.45, 2.75) is 71.1 Å². The number of aromatic amines is 1. The van der Waals surface area contributed by atoms with E-state index in [1.165, 1.54) is 19.9 Å². The quantitative estimate of drug-likeness (QED) is 0.723. The van der Waals surface area contributed by atoms with Crippen LogP contribution < -0.4 is 5.56 Å². The van der Waals surface area contributed by atoms with Gasteiger partial charge < -0.3 is 24.3 Å². The third-order valence-electron chi connectivity index (χ3n) is 5.26. The Kier molecular flexibility index (Phi) is 5.99. The molecule has 9 heteroatoms. The van der Waals surface area contributed by atoms with Crippen LogP contribution in [-0.4, -0.2) is 46.4 Å². The second-order valence-electron chi connectivity index (χ2n) is 8.10. The molecule has 1 aromatic heterocycles. The normalized spacial score (nSPS) is 31.2. The fourth-order valence-electron chi connectivity index (χ4n) is 3.63. The lowest BCUT2D eigenvalue weighted by Crippen LogP contribution is -2.46. The number of allylic oxidation sites excluding steroid dienone is 1. The summed E-state index contributed by atoms with van der Waals surface area (Å²) in [6.45, 7) is 7.38. The Morgan fingerprint density at radius 2 is 2.07 bits per heavy atom. The maximum Gasteiger partial charge on any atom is 0.343 e. The molecule has 164 valence electrons. The van der Waals surface area contributed by atoms with E-state index in [1.807, 2.05) is 0 Å². The van der Waals surface area contributed by atoms with Crippen LogP contribution in [0.3, 0.4) is 0 Å². The number of aliphatic hydroxyl groups is 1. The molecule has 0 aromatic carbocycles. The number of hydrogen-bond donors (Lipinski definition) is 2. The van der Waals surface area contributed by atoms with Crippen LogP contribution in [0.2, 0.25) is 0 Å².